The predicted octanol–water partition coefficient (Wildman–Crippen LogP) is 0.854. The summed E-state index contributed by atoms with van der Waals surface area (Å²) in [5, 5.41) is 5.37. The number of benzene rings is 1. The van der Waals surface area contributed by atoms with Gasteiger partial charge < -0.3 is 25.0 Å². The lowest BCUT2D eigenvalue weighted by atomic mass is 9.97. The van der Waals surface area contributed by atoms with E-state index in [-0.39, 0.29) is 13.3 Å². The van der Waals surface area contributed by atoms with Crippen LogP contribution in [0.15, 0.2) is 36.7 Å². The number of aromatic nitrogens is 2. The number of anilines is 1. The van der Waals surface area contributed by atoms with Gasteiger partial charge in [0.05, 0.1) is 0 Å². The van der Waals surface area contributed by atoms with Gasteiger partial charge in [0.2, 0.25) is 12.7 Å². The van der Waals surface area contributed by atoms with E-state index in [9.17, 15) is 9.59 Å². The van der Waals surface area contributed by atoms with Crippen LogP contribution in [0.2, 0.25) is 0 Å². The van der Waals surface area contributed by atoms with E-state index in [4.69, 9.17) is 9.47 Å². The van der Waals surface area contributed by atoms with Gasteiger partial charge in [0.25, 0.3) is 0 Å². The molecule has 4 rings (SSSR count). The van der Waals surface area contributed by atoms with Crippen molar-refractivity contribution in [3.63, 3.8) is 0 Å². The molecular formula is C20H23N5O4. The molecule has 0 saturated carbocycles. The molecule has 0 unspecified atom stereocenters. The van der Waals surface area contributed by atoms with Crippen LogP contribution in [0.5, 0.6) is 11.5 Å². The van der Waals surface area contributed by atoms with Crippen molar-refractivity contribution in [3.05, 3.63) is 42.2 Å². The summed E-state index contributed by atoms with van der Waals surface area (Å²) in [6, 6.07) is 7.21. The molecule has 1 saturated heterocycles. The minimum atomic E-state index is -0.641. The van der Waals surface area contributed by atoms with Gasteiger partial charge in [-0.3, -0.25) is 9.59 Å². The number of carbonyl (C=O) groups is 2. The molecule has 0 atom stereocenters. The molecule has 29 heavy (non-hydrogen) atoms. The van der Waals surface area contributed by atoms with E-state index < -0.39 is 11.8 Å². The van der Waals surface area contributed by atoms with Gasteiger partial charge in [0.1, 0.15) is 0 Å². The van der Waals surface area contributed by atoms with Crippen molar-refractivity contribution in [1.82, 2.24) is 20.6 Å². The summed E-state index contributed by atoms with van der Waals surface area (Å²) in [7, 11) is 0. The lowest BCUT2D eigenvalue weighted by Crippen LogP contribution is -2.43. The van der Waals surface area contributed by atoms with Crippen LogP contribution in [0, 0.1) is 5.92 Å². The first-order valence-corrected chi connectivity index (χ1v) is 9.65. The number of carbonyl (C=O) groups excluding carboxylic acids is 2. The first-order valence-electron chi connectivity index (χ1n) is 9.65. The SMILES string of the molecule is O=C(NCc1ccc2c(c1)OCO2)C(=O)NCC1CCN(c2ncccn2)CC1. The Morgan fingerprint density at radius 3 is 2.55 bits per heavy atom. The van der Waals surface area contributed by atoms with E-state index >= 15 is 0 Å². The summed E-state index contributed by atoms with van der Waals surface area (Å²) in [5.41, 5.74) is 0.839. The van der Waals surface area contributed by atoms with Gasteiger partial charge in [0, 0.05) is 38.6 Å². The molecule has 2 N–H and O–H groups in total. The number of fused-ring (bicyclic) bond motifs is 1. The number of amides is 2. The lowest BCUT2D eigenvalue weighted by Gasteiger charge is -2.31. The van der Waals surface area contributed by atoms with Crippen LogP contribution in [-0.4, -0.2) is 48.2 Å². The highest BCUT2D eigenvalue weighted by molar-refractivity contribution is 6.35. The molecule has 0 bridgehead atoms. The highest BCUT2D eigenvalue weighted by atomic mass is 16.7. The molecule has 0 aliphatic carbocycles. The number of nitrogens with zero attached hydrogens (tertiary/aromatic N) is 3. The Morgan fingerprint density at radius 1 is 1.03 bits per heavy atom. The van der Waals surface area contributed by atoms with E-state index in [2.05, 4.69) is 25.5 Å². The smallest absolute Gasteiger partial charge is 0.309 e. The lowest BCUT2D eigenvalue weighted by molar-refractivity contribution is -0.139. The second-order valence-electron chi connectivity index (χ2n) is 7.06. The first-order chi connectivity index (χ1) is 14.2. The summed E-state index contributed by atoms with van der Waals surface area (Å²) in [4.78, 5) is 34.8. The number of nitrogens with one attached hydrogen (secondary N) is 2. The van der Waals surface area contributed by atoms with Crippen LogP contribution < -0.4 is 25.0 Å². The van der Waals surface area contributed by atoms with Crippen molar-refractivity contribution < 1.29 is 19.1 Å². The maximum Gasteiger partial charge on any atom is 0.309 e. The summed E-state index contributed by atoms with van der Waals surface area (Å²) in [5.74, 6) is 1.15. The molecule has 1 aromatic carbocycles. The third kappa shape index (κ3) is 4.74. The Labute approximate surface area is 168 Å². The minimum Gasteiger partial charge on any atom is -0.454 e. The highest BCUT2D eigenvalue weighted by Crippen LogP contribution is 2.32. The number of hydrogen-bond donors (Lipinski definition) is 2. The Balaban J connectivity index is 1.17. The average molecular weight is 397 g/mol. The molecule has 2 aliphatic rings. The maximum absolute atomic E-state index is 12.1. The molecule has 0 radical (unpaired) electrons. The molecule has 152 valence electrons. The zero-order valence-electron chi connectivity index (χ0n) is 16.0. The molecular weight excluding hydrogens is 374 g/mol. The molecule has 2 aromatic rings. The topological polar surface area (TPSA) is 106 Å². The largest absolute Gasteiger partial charge is 0.454 e. The standard InChI is InChI=1S/C20H23N5O4/c26-18(19(27)24-12-15-2-3-16-17(10-15)29-13-28-16)23-11-14-4-8-25(9-5-14)20-21-6-1-7-22-20/h1-3,6-7,10,14H,4-5,8-9,11-13H2,(H,23,26)(H,24,27). The fraction of sp³-hybridized carbons (Fsp3) is 0.400. The van der Waals surface area contributed by atoms with Crippen molar-refractivity contribution in [2.45, 2.75) is 19.4 Å². The zero-order valence-corrected chi connectivity index (χ0v) is 16.0. The fourth-order valence-corrected chi connectivity index (χ4v) is 3.42. The second-order valence-corrected chi connectivity index (χ2v) is 7.06. The average Bonchev–Trinajstić information content (AvgIpc) is 3.24. The minimum absolute atomic E-state index is 0.199. The first kappa shape index (κ1) is 19.0. The van der Waals surface area contributed by atoms with Crippen molar-refractivity contribution >= 4 is 17.8 Å². The van der Waals surface area contributed by atoms with Crippen molar-refractivity contribution in [2.24, 2.45) is 5.92 Å². The summed E-state index contributed by atoms with van der Waals surface area (Å²) in [6.07, 6.45) is 5.29. The van der Waals surface area contributed by atoms with E-state index in [0.717, 1.165) is 37.4 Å². The van der Waals surface area contributed by atoms with Gasteiger partial charge in [-0.25, -0.2) is 9.97 Å². The summed E-state index contributed by atoms with van der Waals surface area (Å²) >= 11 is 0. The summed E-state index contributed by atoms with van der Waals surface area (Å²) < 4.78 is 10.6. The third-order valence-corrected chi connectivity index (χ3v) is 5.10. The Morgan fingerprint density at radius 2 is 1.76 bits per heavy atom. The molecule has 9 heteroatoms. The molecule has 0 spiro atoms. The third-order valence-electron chi connectivity index (χ3n) is 5.10. The van der Waals surface area contributed by atoms with Gasteiger partial charge in [-0.05, 0) is 42.5 Å². The molecule has 1 aromatic heterocycles. The fourth-order valence-electron chi connectivity index (χ4n) is 3.42. The van der Waals surface area contributed by atoms with Crippen LogP contribution in [-0.2, 0) is 16.1 Å². The van der Waals surface area contributed by atoms with E-state index in [1.54, 1.807) is 30.6 Å². The van der Waals surface area contributed by atoms with Crippen LogP contribution in [0.1, 0.15) is 18.4 Å². The number of hydrogen-bond acceptors (Lipinski definition) is 7. The molecule has 3 heterocycles. The maximum atomic E-state index is 12.1. The van der Waals surface area contributed by atoms with Gasteiger partial charge >= 0.3 is 11.8 Å². The number of rotatable bonds is 5. The normalized spacial score (nSPS) is 15.8. The zero-order chi connectivity index (χ0) is 20.1. The quantitative estimate of drug-likeness (QED) is 0.721. The van der Waals surface area contributed by atoms with Gasteiger partial charge in [0.15, 0.2) is 11.5 Å². The Bertz CT molecular complexity index is 868. The molecule has 9 nitrogen and oxygen atoms in total. The van der Waals surface area contributed by atoms with Crippen molar-refractivity contribution in [1.29, 1.82) is 0 Å². The van der Waals surface area contributed by atoms with Crippen LogP contribution in [0.25, 0.3) is 0 Å². The van der Waals surface area contributed by atoms with E-state index in [0.29, 0.717) is 24.0 Å². The monoisotopic (exact) mass is 397 g/mol. The molecule has 2 amide bonds. The highest BCUT2D eigenvalue weighted by Gasteiger charge is 2.22. The van der Waals surface area contributed by atoms with Gasteiger partial charge in [-0.2, -0.15) is 0 Å². The van der Waals surface area contributed by atoms with Gasteiger partial charge in [-0.1, -0.05) is 6.07 Å². The van der Waals surface area contributed by atoms with Crippen LogP contribution >= 0.6 is 0 Å². The second kappa shape index (κ2) is 8.76. The molecule has 1 fully saturated rings. The Hall–Kier alpha value is -3.36. The van der Waals surface area contributed by atoms with Crippen molar-refractivity contribution in [3.8, 4) is 11.5 Å². The van der Waals surface area contributed by atoms with E-state index in [1.165, 1.54) is 0 Å². The predicted molar refractivity (Wildman–Crippen MR) is 104 cm³/mol. The number of piperidine rings is 1. The van der Waals surface area contributed by atoms with Gasteiger partial charge in [-0.15, -0.1) is 0 Å². The van der Waals surface area contributed by atoms with Crippen LogP contribution in [0.3, 0.4) is 0 Å². The number of ether oxygens (including phenoxy) is 2. The van der Waals surface area contributed by atoms with Crippen LogP contribution in [0.4, 0.5) is 5.95 Å². The Kier molecular flexibility index (Phi) is 5.73. The van der Waals surface area contributed by atoms with E-state index in [1.807, 2.05) is 6.07 Å². The van der Waals surface area contributed by atoms with Crippen molar-refractivity contribution in [2.75, 3.05) is 31.3 Å². The molecule has 2 aliphatic heterocycles. The summed E-state index contributed by atoms with van der Waals surface area (Å²) in [6.45, 7) is 2.60.